The van der Waals surface area contributed by atoms with Crippen LogP contribution in [0, 0.1) is 5.82 Å². The molecule has 0 aliphatic rings. The molecule has 0 saturated heterocycles. The first-order valence-electron chi connectivity index (χ1n) is 7.70. The largest absolute Gasteiger partial charge is 0.489 e. The molecule has 0 spiro atoms. The summed E-state index contributed by atoms with van der Waals surface area (Å²) in [6, 6.07) is 11.1. The van der Waals surface area contributed by atoms with Gasteiger partial charge in [-0.15, -0.1) is 0 Å². The predicted octanol–water partition coefficient (Wildman–Crippen LogP) is 5.12. The summed E-state index contributed by atoms with van der Waals surface area (Å²) in [6.45, 7) is 2.26. The number of benzene rings is 2. The van der Waals surface area contributed by atoms with E-state index in [1.807, 2.05) is 12.1 Å². The molecule has 0 N–H and O–H groups in total. The van der Waals surface area contributed by atoms with Crippen LogP contribution in [0.4, 0.5) is 4.39 Å². The summed E-state index contributed by atoms with van der Waals surface area (Å²) in [4.78, 5) is 11.7. The van der Waals surface area contributed by atoms with Crippen molar-refractivity contribution in [2.45, 2.75) is 26.4 Å². The Bertz CT molecular complexity index is 934. The molecule has 0 radical (unpaired) electrons. The molecule has 0 atom stereocenters. The zero-order valence-electron chi connectivity index (χ0n) is 13.1. The number of ether oxygens (including phenoxy) is 1. The highest BCUT2D eigenvalue weighted by molar-refractivity contribution is 6.31. The maximum atomic E-state index is 13.1. The third kappa shape index (κ3) is 3.60. The Hall–Kier alpha value is -2.33. The molecule has 3 nitrogen and oxygen atoms in total. The van der Waals surface area contributed by atoms with Gasteiger partial charge in [0.15, 0.2) is 0 Å². The Kier molecular flexibility index (Phi) is 4.86. The van der Waals surface area contributed by atoms with Gasteiger partial charge in [-0.1, -0.05) is 31.0 Å². The van der Waals surface area contributed by atoms with Crippen LogP contribution in [0.1, 0.15) is 24.5 Å². The molecule has 3 aromatic rings. The first kappa shape index (κ1) is 16.5. The number of halogens is 2. The van der Waals surface area contributed by atoms with Gasteiger partial charge in [0.25, 0.3) is 0 Å². The molecule has 0 unspecified atom stereocenters. The lowest BCUT2D eigenvalue weighted by molar-refractivity contribution is 0.306. The normalized spacial score (nSPS) is 11.0. The van der Waals surface area contributed by atoms with Crippen LogP contribution < -0.4 is 10.4 Å². The summed E-state index contributed by atoms with van der Waals surface area (Å²) in [5.41, 5.74) is 1.77. The van der Waals surface area contributed by atoms with E-state index in [-0.39, 0.29) is 18.0 Å². The van der Waals surface area contributed by atoms with Crippen molar-refractivity contribution in [3.05, 3.63) is 74.9 Å². The minimum atomic E-state index is -0.389. The van der Waals surface area contributed by atoms with Crippen molar-refractivity contribution in [3.8, 4) is 5.75 Å². The molecule has 0 fully saturated rings. The van der Waals surface area contributed by atoms with Crippen LogP contribution in [0.5, 0.6) is 5.75 Å². The molecule has 0 amide bonds. The third-order valence-electron chi connectivity index (χ3n) is 3.73. The molecule has 0 bridgehead atoms. The first-order chi connectivity index (χ1) is 11.6. The highest BCUT2D eigenvalue weighted by Gasteiger charge is 2.08. The molecule has 2 aromatic carbocycles. The molecule has 0 aliphatic carbocycles. The van der Waals surface area contributed by atoms with Gasteiger partial charge in [0, 0.05) is 23.1 Å². The Morgan fingerprint density at radius 1 is 1.12 bits per heavy atom. The van der Waals surface area contributed by atoms with Crippen molar-refractivity contribution in [1.82, 2.24) is 0 Å². The average Bonchev–Trinajstić information content (AvgIpc) is 2.54. The fourth-order valence-electron chi connectivity index (χ4n) is 2.58. The lowest BCUT2D eigenvalue weighted by Gasteiger charge is -2.09. The molecule has 1 heterocycles. The Morgan fingerprint density at radius 2 is 1.96 bits per heavy atom. The lowest BCUT2D eigenvalue weighted by Crippen LogP contribution is -2.01. The Morgan fingerprint density at radius 3 is 2.71 bits per heavy atom. The molecular formula is C19H16ClFO3. The zero-order chi connectivity index (χ0) is 17.1. The molecule has 0 aliphatic heterocycles. The molecule has 24 heavy (non-hydrogen) atoms. The second-order valence-electron chi connectivity index (χ2n) is 5.52. The van der Waals surface area contributed by atoms with Gasteiger partial charge in [0.2, 0.25) is 0 Å². The highest BCUT2D eigenvalue weighted by Crippen LogP contribution is 2.25. The van der Waals surface area contributed by atoms with E-state index in [4.69, 9.17) is 20.8 Å². The Labute approximate surface area is 143 Å². The SMILES string of the molecule is CCCc1cc(=O)oc2cc(OCc3ccc(F)cc3Cl)ccc12. The lowest BCUT2D eigenvalue weighted by atomic mass is 10.1. The number of hydrogen-bond donors (Lipinski definition) is 0. The second kappa shape index (κ2) is 7.05. The van der Waals surface area contributed by atoms with E-state index in [0.717, 1.165) is 23.8 Å². The molecule has 3 rings (SSSR count). The maximum Gasteiger partial charge on any atom is 0.336 e. The fourth-order valence-corrected chi connectivity index (χ4v) is 2.80. The van der Waals surface area contributed by atoms with Crippen LogP contribution in [-0.4, -0.2) is 0 Å². The fraction of sp³-hybridized carbons (Fsp3) is 0.211. The minimum Gasteiger partial charge on any atom is -0.489 e. The van der Waals surface area contributed by atoms with Crippen LogP contribution in [0.3, 0.4) is 0 Å². The predicted molar refractivity (Wildman–Crippen MR) is 92.2 cm³/mol. The summed E-state index contributed by atoms with van der Waals surface area (Å²) in [5, 5.41) is 1.22. The molecule has 0 saturated carbocycles. The van der Waals surface area contributed by atoms with Crippen molar-refractivity contribution in [3.63, 3.8) is 0 Å². The molecule has 5 heteroatoms. The van der Waals surface area contributed by atoms with Crippen molar-refractivity contribution >= 4 is 22.6 Å². The summed E-state index contributed by atoms with van der Waals surface area (Å²) < 4.78 is 24.0. The van der Waals surface area contributed by atoms with Gasteiger partial charge in [-0.25, -0.2) is 9.18 Å². The standard InChI is InChI=1S/C19H16ClFO3/c1-2-3-12-8-19(22)24-18-10-15(6-7-16(12)18)23-11-13-4-5-14(21)9-17(13)20/h4-10H,2-3,11H2,1H3. The average molecular weight is 347 g/mol. The first-order valence-corrected chi connectivity index (χ1v) is 8.08. The van der Waals surface area contributed by atoms with E-state index >= 15 is 0 Å². The van der Waals surface area contributed by atoms with Gasteiger partial charge in [-0.2, -0.15) is 0 Å². The second-order valence-corrected chi connectivity index (χ2v) is 5.93. The summed E-state index contributed by atoms with van der Waals surface area (Å²) >= 11 is 5.99. The van der Waals surface area contributed by atoms with E-state index in [0.29, 0.717) is 21.9 Å². The van der Waals surface area contributed by atoms with E-state index in [1.54, 1.807) is 12.1 Å². The smallest absolute Gasteiger partial charge is 0.336 e. The van der Waals surface area contributed by atoms with Crippen LogP contribution in [-0.2, 0) is 13.0 Å². The number of fused-ring (bicyclic) bond motifs is 1. The summed E-state index contributed by atoms with van der Waals surface area (Å²) in [6.07, 6.45) is 1.76. The highest BCUT2D eigenvalue weighted by atomic mass is 35.5. The quantitative estimate of drug-likeness (QED) is 0.602. The van der Waals surface area contributed by atoms with E-state index in [1.165, 1.54) is 18.2 Å². The topological polar surface area (TPSA) is 39.4 Å². The monoisotopic (exact) mass is 346 g/mol. The van der Waals surface area contributed by atoms with Crippen molar-refractivity contribution in [1.29, 1.82) is 0 Å². The van der Waals surface area contributed by atoms with E-state index in [2.05, 4.69) is 6.92 Å². The van der Waals surface area contributed by atoms with Crippen molar-refractivity contribution < 1.29 is 13.5 Å². The van der Waals surface area contributed by atoms with Gasteiger partial charge in [-0.05, 0) is 36.2 Å². The zero-order valence-corrected chi connectivity index (χ0v) is 13.9. The molecular weight excluding hydrogens is 331 g/mol. The minimum absolute atomic E-state index is 0.198. The van der Waals surface area contributed by atoms with Gasteiger partial charge >= 0.3 is 5.63 Å². The van der Waals surface area contributed by atoms with Gasteiger partial charge < -0.3 is 9.15 Å². The van der Waals surface area contributed by atoms with Gasteiger partial charge in [-0.3, -0.25) is 0 Å². The van der Waals surface area contributed by atoms with E-state index < -0.39 is 0 Å². The summed E-state index contributed by atoms with van der Waals surface area (Å²) in [7, 11) is 0. The van der Waals surface area contributed by atoms with Crippen LogP contribution in [0.25, 0.3) is 11.0 Å². The third-order valence-corrected chi connectivity index (χ3v) is 4.08. The maximum absolute atomic E-state index is 13.1. The van der Waals surface area contributed by atoms with Crippen LogP contribution in [0.15, 0.2) is 51.7 Å². The Balaban J connectivity index is 1.86. The van der Waals surface area contributed by atoms with Crippen molar-refractivity contribution in [2.75, 3.05) is 0 Å². The number of hydrogen-bond acceptors (Lipinski definition) is 3. The molecule has 124 valence electrons. The van der Waals surface area contributed by atoms with Crippen LogP contribution >= 0.6 is 11.6 Å². The van der Waals surface area contributed by atoms with Crippen LogP contribution in [0.2, 0.25) is 5.02 Å². The number of rotatable bonds is 5. The van der Waals surface area contributed by atoms with Gasteiger partial charge in [0.1, 0.15) is 23.8 Å². The van der Waals surface area contributed by atoms with Crippen molar-refractivity contribution in [2.24, 2.45) is 0 Å². The molecule has 1 aromatic heterocycles. The van der Waals surface area contributed by atoms with Gasteiger partial charge in [0.05, 0.1) is 5.02 Å². The summed E-state index contributed by atoms with van der Waals surface area (Å²) in [5.74, 6) is 0.166. The number of aryl methyl sites for hydroxylation is 1. The van der Waals surface area contributed by atoms with E-state index in [9.17, 15) is 9.18 Å².